The van der Waals surface area contributed by atoms with Crippen molar-refractivity contribution in [3.63, 3.8) is 0 Å². The fourth-order valence-corrected chi connectivity index (χ4v) is 10.1. The van der Waals surface area contributed by atoms with Crippen molar-refractivity contribution in [2.75, 3.05) is 19.0 Å². The zero-order chi connectivity index (χ0) is 50.5. The molecule has 4 N–H and O–H groups in total. The lowest BCUT2D eigenvalue weighted by molar-refractivity contribution is -0.297. The van der Waals surface area contributed by atoms with Crippen molar-refractivity contribution in [2.45, 2.75) is 327 Å². The molecule has 0 radical (unpaired) electrons. The van der Waals surface area contributed by atoms with Crippen molar-refractivity contribution in [3.05, 3.63) is 0 Å². The summed E-state index contributed by atoms with van der Waals surface area (Å²) in [5.74, 6) is -1.95. The molecule has 12 nitrogen and oxygen atoms in total. The molecule has 69 heavy (non-hydrogen) atoms. The van der Waals surface area contributed by atoms with E-state index in [1.165, 1.54) is 212 Å². The summed E-state index contributed by atoms with van der Waals surface area (Å²) >= 11 is 0. The predicted octanol–water partition coefficient (Wildman–Crippen LogP) is 14.0. The van der Waals surface area contributed by atoms with Gasteiger partial charge in [0.15, 0.2) is 12.4 Å². The predicted molar refractivity (Wildman–Crippen MR) is 280 cm³/mol. The smallest absolute Gasteiger partial charge is 0.306 e. The highest BCUT2D eigenvalue weighted by Crippen LogP contribution is 2.24. The van der Waals surface area contributed by atoms with Crippen molar-refractivity contribution in [3.8, 4) is 0 Å². The maximum absolute atomic E-state index is 12.9. The van der Waals surface area contributed by atoms with E-state index < -0.39 is 71.2 Å². The van der Waals surface area contributed by atoms with E-state index in [1.807, 2.05) is 0 Å². The molecular weight excluding hydrogens is 897 g/mol. The first kappa shape index (κ1) is 65.7. The van der Waals surface area contributed by atoms with E-state index in [0.717, 1.165) is 38.5 Å². The van der Waals surface area contributed by atoms with Crippen LogP contribution in [0.2, 0.25) is 0 Å². The molecule has 6 atom stereocenters. The van der Waals surface area contributed by atoms with Crippen molar-refractivity contribution in [1.29, 1.82) is 0 Å². The molecule has 1 fully saturated rings. The summed E-state index contributed by atoms with van der Waals surface area (Å²) in [6, 6.07) is 0. The van der Waals surface area contributed by atoms with Gasteiger partial charge in [-0.15, -0.1) is 0 Å². The van der Waals surface area contributed by atoms with Gasteiger partial charge in [0, 0.05) is 12.8 Å². The average molecular weight is 1010 g/mol. The summed E-state index contributed by atoms with van der Waals surface area (Å²) in [5, 5.41) is 31.0. The lowest BCUT2D eigenvalue weighted by Gasteiger charge is -2.40. The highest BCUT2D eigenvalue weighted by Gasteiger charge is 2.46. The second kappa shape index (κ2) is 46.4. The number of aliphatic hydroxyl groups excluding tert-OH is 3. The minimum absolute atomic E-state index is 0.173. The Balaban J connectivity index is 2.28. The molecule has 0 aromatic carbocycles. The minimum Gasteiger partial charge on any atom is -0.462 e. The Morgan fingerprint density at radius 2 is 0.739 bits per heavy atom. The third-order valence-electron chi connectivity index (χ3n) is 13.9. The van der Waals surface area contributed by atoms with Gasteiger partial charge in [0.25, 0.3) is 10.1 Å². The lowest BCUT2D eigenvalue weighted by atomic mass is 10.00. The van der Waals surface area contributed by atoms with Crippen LogP contribution in [0.5, 0.6) is 0 Å². The van der Waals surface area contributed by atoms with Crippen LogP contribution in [0.4, 0.5) is 0 Å². The third-order valence-corrected chi connectivity index (χ3v) is 14.7. The lowest BCUT2D eigenvalue weighted by Crippen LogP contribution is -2.60. The quantitative estimate of drug-likeness (QED) is 0.0257. The van der Waals surface area contributed by atoms with Crippen LogP contribution in [-0.2, 0) is 38.7 Å². The number of hydrogen-bond acceptors (Lipinski definition) is 11. The molecule has 1 heterocycles. The molecule has 1 aliphatic rings. The maximum atomic E-state index is 12.9. The Morgan fingerprint density at radius 1 is 0.435 bits per heavy atom. The van der Waals surface area contributed by atoms with Crippen LogP contribution in [0, 0.1) is 0 Å². The van der Waals surface area contributed by atoms with Crippen LogP contribution in [-0.4, -0.2) is 96.0 Å². The fraction of sp³-hybridized carbons (Fsp3) is 0.964. The summed E-state index contributed by atoms with van der Waals surface area (Å²) in [7, 11) is -4.60. The molecule has 1 saturated heterocycles. The summed E-state index contributed by atoms with van der Waals surface area (Å²) < 4.78 is 54.4. The van der Waals surface area contributed by atoms with Gasteiger partial charge in [-0.05, 0) is 12.8 Å². The van der Waals surface area contributed by atoms with E-state index in [0.29, 0.717) is 12.8 Å². The molecular formula is C56H108O12S. The second-order valence-electron chi connectivity index (χ2n) is 20.7. The van der Waals surface area contributed by atoms with E-state index in [9.17, 15) is 37.9 Å². The molecule has 0 bridgehead atoms. The van der Waals surface area contributed by atoms with Gasteiger partial charge in [0.2, 0.25) is 0 Å². The SMILES string of the molecule is CCCCCCCCCCCCCCCCCCCCCCCCCCC(=O)OC(COC(=O)CCCCCCCCCCCCCCCCCCC)COC1OC(CS(=O)(=O)O)C(O)C(O)C1O. The van der Waals surface area contributed by atoms with Crippen LogP contribution in [0.3, 0.4) is 0 Å². The first-order valence-corrected chi connectivity index (χ1v) is 30.7. The third kappa shape index (κ3) is 40.8. The Morgan fingerprint density at radius 3 is 1.06 bits per heavy atom. The van der Waals surface area contributed by atoms with Gasteiger partial charge in [-0.1, -0.05) is 264 Å². The van der Waals surface area contributed by atoms with Gasteiger partial charge in [0.05, 0.1) is 6.61 Å². The van der Waals surface area contributed by atoms with Gasteiger partial charge >= 0.3 is 11.9 Å². The van der Waals surface area contributed by atoms with Crippen LogP contribution in [0.1, 0.15) is 290 Å². The molecule has 0 aliphatic carbocycles. The number of rotatable bonds is 51. The minimum atomic E-state index is -4.60. The van der Waals surface area contributed by atoms with Gasteiger partial charge in [-0.2, -0.15) is 8.42 Å². The molecule has 0 saturated carbocycles. The molecule has 1 rings (SSSR count). The topological polar surface area (TPSA) is 186 Å². The van der Waals surface area contributed by atoms with Gasteiger partial charge < -0.3 is 34.3 Å². The molecule has 0 aromatic heterocycles. The van der Waals surface area contributed by atoms with E-state index in [1.54, 1.807) is 0 Å². The van der Waals surface area contributed by atoms with Crippen molar-refractivity contribution >= 4 is 22.1 Å². The summed E-state index contributed by atoms with van der Waals surface area (Å²) in [4.78, 5) is 25.6. The normalized spacial score (nSPS) is 19.0. The Bertz CT molecular complexity index is 1270. The van der Waals surface area contributed by atoms with Crippen molar-refractivity contribution in [1.82, 2.24) is 0 Å². The molecule has 0 spiro atoms. The molecule has 13 heteroatoms. The highest BCUT2D eigenvalue weighted by atomic mass is 32.2. The molecule has 1 aliphatic heterocycles. The molecule has 0 aromatic rings. The van der Waals surface area contributed by atoms with E-state index in [-0.39, 0.29) is 19.4 Å². The number of carbonyl (C=O) groups is 2. The number of unbranched alkanes of at least 4 members (excludes halogenated alkanes) is 39. The number of hydrogen-bond donors (Lipinski definition) is 4. The van der Waals surface area contributed by atoms with Crippen LogP contribution in [0.15, 0.2) is 0 Å². The van der Waals surface area contributed by atoms with Crippen LogP contribution < -0.4 is 0 Å². The summed E-state index contributed by atoms with van der Waals surface area (Å²) in [6.07, 6.45) is 42.9. The van der Waals surface area contributed by atoms with Crippen LogP contribution >= 0.6 is 0 Å². The van der Waals surface area contributed by atoms with E-state index >= 15 is 0 Å². The summed E-state index contributed by atoms with van der Waals surface area (Å²) in [5.41, 5.74) is 0. The molecule has 410 valence electrons. The van der Waals surface area contributed by atoms with Gasteiger partial charge in [0.1, 0.15) is 36.8 Å². The zero-order valence-electron chi connectivity index (χ0n) is 44.5. The number of carbonyl (C=O) groups excluding carboxylic acids is 2. The average Bonchev–Trinajstić information content (AvgIpc) is 3.32. The summed E-state index contributed by atoms with van der Waals surface area (Å²) in [6.45, 7) is 3.84. The van der Waals surface area contributed by atoms with Crippen LogP contribution in [0.25, 0.3) is 0 Å². The Hall–Kier alpha value is -1.35. The van der Waals surface area contributed by atoms with E-state index in [4.69, 9.17) is 18.9 Å². The zero-order valence-corrected chi connectivity index (χ0v) is 45.3. The largest absolute Gasteiger partial charge is 0.462 e. The Kier molecular flexibility index (Phi) is 44.2. The van der Waals surface area contributed by atoms with Crippen molar-refractivity contribution in [2.24, 2.45) is 0 Å². The first-order chi connectivity index (χ1) is 33.5. The van der Waals surface area contributed by atoms with Gasteiger partial charge in [-0.25, -0.2) is 0 Å². The molecule has 0 amide bonds. The number of ether oxygens (including phenoxy) is 4. The first-order valence-electron chi connectivity index (χ1n) is 29.1. The fourth-order valence-electron chi connectivity index (χ4n) is 9.45. The monoisotopic (exact) mass is 1000 g/mol. The molecule has 6 unspecified atom stereocenters. The highest BCUT2D eigenvalue weighted by molar-refractivity contribution is 7.85. The Labute approximate surface area is 423 Å². The second-order valence-corrected chi connectivity index (χ2v) is 22.2. The van der Waals surface area contributed by atoms with Crippen molar-refractivity contribution < 1.29 is 56.8 Å². The van der Waals surface area contributed by atoms with Gasteiger partial charge in [-0.3, -0.25) is 14.1 Å². The van der Waals surface area contributed by atoms with E-state index in [2.05, 4.69) is 13.8 Å². The number of aliphatic hydroxyl groups is 3. The maximum Gasteiger partial charge on any atom is 0.306 e. The standard InChI is InChI=1S/C56H108O12S/c1-3-5-7-9-11-13-15-17-19-21-22-23-24-25-26-27-29-31-33-35-37-39-41-43-45-52(58)67-49(47-66-56-55(61)54(60)53(59)50(68-56)48-69(62,63)64)46-65-51(57)44-42-40-38-36-34-32-30-28-20-18-16-14-12-10-8-6-4-2/h49-50,53-56,59-61H,3-48H2,1-2H3,(H,62,63,64). The number of esters is 2.